The minimum atomic E-state index is -5.61. The van der Waals surface area contributed by atoms with Gasteiger partial charge in [-0.2, -0.15) is 17.2 Å². The quantitative estimate of drug-likeness (QED) is 0.124. The number of esters is 1. The van der Waals surface area contributed by atoms with E-state index in [-0.39, 0.29) is 6.42 Å². The van der Waals surface area contributed by atoms with Crippen LogP contribution < -0.4 is 4.74 Å². The zero-order valence-electron chi connectivity index (χ0n) is 21.5. The fourth-order valence-electron chi connectivity index (χ4n) is 3.42. The lowest BCUT2D eigenvalue weighted by Crippen LogP contribution is -2.34. The van der Waals surface area contributed by atoms with E-state index >= 15 is 0 Å². The summed E-state index contributed by atoms with van der Waals surface area (Å²) >= 11 is 1.89. The molecule has 10 heteroatoms. The summed E-state index contributed by atoms with van der Waals surface area (Å²) in [4.78, 5) is 12.6. The average Bonchev–Trinajstić information content (AvgIpc) is 2.96. The standard InChI is InChI=1S/C19H16S.C11H12F2O6S/c1-4-10-16(11-5-1)19(17-12-6-2-7-13-17)20-18-14-8-3-9-15-18;1-18-9-4-2-8(3-5-9)6-10(14)19-7-11(12,13)20(15,16)17/h1-15,19H;2-5H,6-7H2,1H3,(H,15,16,17). The van der Waals surface area contributed by atoms with E-state index in [4.69, 9.17) is 9.29 Å². The van der Waals surface area contributed by atoms with Crippen LogP contribution in [-0.4, -0.2) is 37.9 Å². The van der Waals surface area contributed by atoms with E-state index in [9.17, 15) is 22.0 Å². The van der Waals surface area contributed by atoms with E-state index in [1.54, 1.807) is 12.1 Å². The predicted octanol–water partition coefficient (Wildman–Crippen LogP) is 6.83. The van der Waals surface area contributed by atoms with E-state index in [1.807, 2.05) is 11.8 Å². The fraction of sp³-hybridized carbons (Fsp3) is 0.167. The first kappa shape index (κ1) is 30.8. The Morgan fingerprint density at radius 2 is 1.30 bits per heavy atom. The Morgan fingerprint density at radius 1 is 0.825 bits per heavy atom. The maximum Gasteiger partial charge on any atom is 0.402 e. The summed E-state index contributed by atoms with van der Waals surface area (Å²) in [5.41, 5.74) is 3.16. The minimum absolute atomic E-state index is 0.314. The van der Waals surface area contributed by atoms with Crippen molar-refractivity contribution in [1.29, 1.82) is 0 Å². The number of ether oxygens (including phenoxy) is 2. The van der Waals surface area contributed by atoms with Crippen LogP contribution in [0.3, 0.4) is 0 Å². The van der Waals surface area contributed by atoms with Crippen LogP contribution in [0.1, 0.15) is 21.9 Å². The molecule has 40 heavy (non-hydrogen) atoms. The molecule has 0 saturated heterocycles. The second kappa shape index (κ2) is 14.6. The molecule has 4 aromatic rings. The molecule has 0 aromatic heterocycles. The van der Waals surface area contributed by atoms with Crippen LogP contribution >= 0.6 is 11.8 Å². The van der Waals surface area contributed by atoms with Gasteiger partial charge in [-0.1, -0.05) is 91.0 Å². The van der Waals surface area contributed by atoms with Gasteiger partial charge in [-0.05, 0) is 41.0 Å². The highest BCUT2D eigenvalue weighted by Gasteiger charge is 2.45. The van der Waals surface area contributed by atoms with Gasteiger partial charge >= 0.3 is 21.3 Å². The van der Waals surface area contributed by atoms with Crippen molar-refractivity contribution in [3.63, 3.8) is 0 Å². The van der Waals surface area contributed by atoms with Crippen molar-refractivity contribution < 1.29 is 36.0 Å². The molecule has 0 unspecified atom stereocenters. The fourth-order valence-corrected chi connectivity index (χ4v) is 4.80. The Morgan fingerprint density at radius 3 is 1.75 bits per heavy atom. The molecule has 210 valence electrons. The summed E-state index contributed by atoms with van der Waals surface area (Å²) in [6.07, 6.45) is -0.314. The molecule has 0 heterocycles. The summed E-state index contributed by atoms with van der Waals surface area (Å²) in [7, 11) is -4.15. The van der Waals surface area contributed by atoms with Crippen molar-refractivity contribution in [1.82, 2.24) is 0 Å². The van der Waals surface area contributed by atoms with Crippen LogP contribution in [0.4, 0.5) is 8.78 Å². The lowest BCUT2D eigenvalue weighted by Gasteiger charge is -2.17. The van der Waals surface area contributed by atoms with Crippen LogP contribution in [0.2, 0.25) is 0 Å². The number of rotatable bonds is 10. The number of halogens is 2. The molecule has 0 spiro atoms. The molecule has 0 aliphatic heterocycles. The molecule has 0 saturated carbocycles. The van der Waals surface area contributed by atoms with Crippen molar-refractivity contribution in [2.75, 3.05) is 13.7 Å². The number of alkyl halides is 2. The first-order valence-electron chi connectivity index (χ1n) is 12.0. The molecule has 0 atom stereocenters. The summed E-state index contributed by atoms with van der Waals surface area (Å²) in [5, 5.41) is -4.19. The van der Waals surface area contributed by atoms with Gasteiger partial charge in [-0.25, -0.2) is 0 Å². The molecular formula is C30H28F2O6S2. The molecule has 1 N–H and O–H groups in total. The van der Waals surface area contributed by atoms with Gasteiger partial charge in [0.2, 0.25) is 0 Å². The van der Waals surface area contributed by atoms with Gasteiger partial charge in [0.25, 0.3) is 0 Å². The third kappa shape index (κ3) is 9.48. The summed E-state index contributed by atoms with van der Waals surface area (Å²) < 4.78 is 63.4. The molecule has 0 aliphatic rings. The third-order valence-corrected chi connectivity index (χ3v) is 7.68. The first-order valence-corrected chi connectivity index (χ1v) is 14.4. The molecule has 0 radical (unpaired) electrons. The number of carbonyl (C=O) groups excluding carboxylic acids is 1. The van der Waals surface area contributed by atoms with E-state index in [1.165, 1.54) is 35.3 Å². The van der Waals surface area contributed by atoms with E-state index in [0.717, 1.165) is 0 Å². The number of carbonyl (C=O) groups is 1. The highest BCUT2D eigenvalue weighted by Crippen LogP contribution is 2.40. The lowest BCUT2D eigenvalue weighted by atomic mass is 10.0. The highest BCUT2D eigenvalue weighted by molar-refractivity contribution is 7.99. The summed E-state index contributed by atoms with van der Waals surface area (Å²) in [6, 6.07) is 38.1. The third-order valence-electron chi connectivity index (χ3n) is 5.49. The maximum absolute atomic E-state index is 12.8. The monoisotopic (exact) mass is 586 g/mol. The van der Waals surface area contributed by atoms with Gasteiger partial charge in [-0.15, -0.1) is 11.8 Å². The number of hydrogen-bond acceptors (Lipinski definition) is 6. The number of methoxy groups -OCH3 is 1. The Kier molecular flexibility index (Phi) is 11.2. The first-order chi connectivity index (χ1) is 19.1. The number of thioether (sulfide) groups is 1. The molecule has 6 nitrogen and oxygen atoms in total. The van der Waals surface area contributed by atoms with Gasteiger partial charge in [0.05, 0.1) is 18.8 Å². The normalized spacial score (nSPS) is 11.3. The van der Waals surface area contributed by atoms with E-state index < -0.39 is 27.9 Å². The Labute approximate surface area is 236 Å². The largest absolute Gasteiger partial charge is 0.497 e. The van der Waals surface area contributed by atoms with Gasteiger partial charge in [0.15, 0.2) is 6.61 Å². The zero-order chi connectivity index (χ0) is 29.0. The average molecular weight is 587 g/mol. The van der Waals surface area contributed by atoms with Crippen molar-refractivity contribution >= 4 is 27.8 Å². The van der Waals surface area contributed by atoms with Crippen molar-refractivity contribution in [2.24, 2.45) is 0 Å². The Hall–Kier alpha value is -3.73. The molecule has 0 fully saturated rings. The second-order valence-electron chi connectivity index (χ2n) is 8.43. The van der Waals surface area contributed by atoms with Gasteiger partial charge in [-0.3, -0.25) is 9.35 Å². The van der Waals surface area contributed by atoms with Crippen LogP contribution in [0.15, 0.2) is 120 Å². The molecule has 4 rings (SSSR count). The number of hydrogen-bond donors (Lipinski definition) is 1. The maximum atomic E-state index is 12.8. The van der Waals surface area contributed by atoms with Gasteiger partial charge in [0, 0.05) is 4.90 Å². The topological polar surface area (TPSA) is 89.9 Å². The molecule has 0 amide bonds. The van der Waals surface area contributed by atoms with Crippen LogP contribution in [0.5, 0.6) is 5.75 Å². The Balaban J connectivity index is 0.000000220. The van der Waals surface area contributed by atoms with Crippen molar-refractivity contribution in [3.05, 3.63) is 132 Å². The van der Waals surface area contributed by atoms with Crippen LogP contribution in [0, 0.1) is 0 Å². The zero-order valence-corrected chi connectivity index (χ0v) is 23.2. The van der Waals surface area contributed by atoms with Crippen LogP contribution in [0.25, 0.3) is 0 Å². The van der Waals surface area contributed by atoms with Crippen molar-refractivity contribution in [2.45, 2.75) is 21.8 Å². The summed E-state index contributed by atoms with van der Waals surface area (Å²) in [6.45, 7) is -1.74. The van der Waals surface area contributed by atoms with Crippen LogP contribution in [-0.2, 0) is 26.1 Å². The van der Waals surface area contributed by atoms with Crippen molar-refractivity contribution in [3.8, 4) is 5.75 Å². The van der Waals surface area contributed by atoms with Gasteiger partial charge < -0.3 is 9.47 Å². The van der Waals surface area contributed by atoms with E-state index in [2.05, 4.69) is 95.7 Å². The molecule has 4 aromatic carbocycles. The second-order valence-corrected chi connectivity index (χ2v) is 11.2. The predicted molar refractivity (Wildman–Crippen MR) is 151 cm³/mol. The minimum Gasteiger partial charge on any atom is -0.497 e. The highest BCUT2D eigenvalue weighted by atomic mass is 32.2. The van der Waals surface area contributed by atoms with Gasteiger partial charge in [0.1, 0.15) is 5.75 Å². The summed E-state index contributed by atoms with van der Waals surface area (Å²) in [5.74, 6) is -0.487. The number of benzene rings is 4. The molecule has 0 bridgehead atoms. The Bertz CT molecular complexity index is 1390. The molecule has 0 aliphatic carbocycles. The molecular weight excluding hydrogens is 558 g/mol. The lowest BCUT2D eigenvalue weighted by molar-refractivity contribution is -0.148. The smallest absolute Gasteiger partial charge is 0.402 e. The SMILES string of the molecule is COc1ccc(CC(=O)OCC(F)(F)S(=O)(=O)O)cc1.c1ccc(SC(c2ccccc2)c2ccccc2)cc1. The van der Waals surface area contributed by atoms with E-state index in [0.29, 0.717) is 16.6 Å².